The Morgan fingerprint density at radius 1 is 1.00 bits per heavy atom. The van der Waals surface area contributed by atoms with Crippen molar-refractivity contribution in [2.45, 2.75) is 30.8 Å². The van der Waals surface area contributed by atoms with Crippen molar-refractivity contribution in [1.82, 2.24) is 9.62 Å². The van der Waals surface area contributed by atoms with Crippen LogP contribution in [0, 0.1) is 0 Å². The standard InChI is InChI=1S/C19H25N3O3S/c1-14(16-9-6-5-7-10-16)20-15(2)19(23)21-17-11-8-12-18(13-17)26(24,25)22(3)4/h5-15,20H,1-4H3,(H,21,23)/t14-,15+/m0/s1. The second kappa shape index (κ2) is 8.44. The fourth-order valence-electron chi connectivity index (χ4n) is 2.48. The smallest absolute Gasteiger partial charge is 0.242 e. The van der Waals surface area contributed by atoms with E-state index in [-0.39, 0.29) is 16.8 Å². The number of benzene rings is 2. The molecular weight excluding hydrogens is 350 g/mol. The van der Waals surface area contributed by atoms with Gasteiger partial charge in [-0.1, -0.05) is 36.4 Å². The molecule has 0 fully saturated rings. The molecule has 0 aliphatic heterocycles. The first-order valence-corrected chi connectivity index (χ1v) is 9.80. The zero-order valence-electron chi connectivity index (χ0n) is 15.4. The number of carbonyl (C=O) groups is 1. The maximum atomic E-state index is 12.4. The molecule has 0 aliphatic carbocycles. The number of hydrogen-bond donors (Lipinski definition) is 2. The van der Waals surface area contributed by atoms with E-state index in [1.54, 1.807) is 19.1 Å². The Morgan fingerprint density at radius 2 is 1.65 bits per heavy atom. The Labute approximate surface area is 155 Å². The van der Waals surface area contributed by atoms with Crippen molar-refractivity contribution in [1.29, 1.82) is 0 Å². The van der Waals surface area contributed by atoms with E-state index < -0.39 is 16.1 Å². The van der Waals surface area contributed by atoms with Gasteiger partial charge in [0.15, 0.2) is 0 Å². The number of anilines is 1. The summed E-state index contributed by atoms with van der Waals surface area (Å²) in [5.74, 6) is -0.229. The zero-order chi connectivity index (χ0) is 19.3. The summed E-state index contributed by atoms with van der Waals surface area (Å²) in [5, 5.41) is 6.01. The van der Waals surface area contributed by atoms with Gasteiger partial charge in [0, 0.05) is 25.8 Å². The van der Waals surface area contributed by atoms with E-state index in [0.717, 1.165) is 9.87 Å². The molecule has 0 radical (unpaired) electrons. The van der Waals surface area contributed by atoms with E-state index in [0.29, 0.717) is 5.69 Å². The van der Waals surface area contributed by atoms with Crippen LogP contribution in [0.5, 0.6) is 0 Å². The molecule has 140 valence electrons. The fourth-order valence-corrected chi connectivity index (χ4v) is 3.43. The van der Waals surface area contributed by atoms with Crippen LogP contribution >= 0.6 is 0 Å². The normalized spacial score (nSPS) is 14.0. The summed E-state index contributed by atoms with van der Waals surface area (Å²) in [6, 6.07) is 15.7. The van der Waals surface area contributed by atoms with Gasteiger partial charge >= 0.3 is 0 Å². The van der Waals surface area contributed by atoms with Crippen LogP contribution in [0.4, 0.5) is 5.69 Å². The van der Waals surface area contributed by atoms with Crippen LogP contribution in [-0.4, -0.2) is 38.8 Å². The molecule has 0 spiro atoms. The molecule has 2 aromatic rings. The lowest BCUT2D eigenvalue weighted by Crippen LogP contribution is -2.39. The summed E-state index contributed by atoms with van der Waals surface area (Å²) < 4.78 is 25.6. The van der Waals surface area contributed by atoms with Crippen LogP contribution < -0.4 is 10.6 Å². The average Bonchev–Trinajstić information content (AvgIpc) is 2.62. The number of nitrogens with zero attached hydrogens (tertiary/aromatic N) is 1. The monoisotopic (exact) mass is 375 g/mol. The third-order valence-corrected chi connectivity index (χ3v) is 5.88. The summed E-state index contributed by atoms with van der Waals surface area (Å²) >= 11 is 0. The second-order valence-electron chi connectivity index (χ2n) is 6.33. The van der Waals surface area contributed by atoms with Gasteiger partial charge in [0.05, 0.1) is 10.9 Å². The van der Waals surface area contributed by atoms with Crippen molar-refractivity contribution >= 4 is 21.6 Å². The summed E-state index contributed by atoms with van der Waals surface area (Å²) in [7, 11) is -0.604. The lowest BCUT2D eigenvalue weighted by molar-refractivity contribution is -0.117. The quantitative estimate of drug-likeness (QED) is 0.780. The highest BCUT2D eigenvalue weighted by molar-refractivity contribution is 7.89. The number of nitrogens with one attached hydrogen (secondary N) is 2. The SMILES string of the molecule is C[C@H](N[C@H](C)C(=O)Nc1cccc(S(=O)(=O)N(C)C)c1)c1ccccc1. The van der Waals surface area contributed by atoms with Crippen molar-refractivity contribution in [2.75, 3.05) is 19.4 Å². The predicted octanol–water partition coefficient (Wildman–Crippen LogP) is 2.61. The van der Waals surface area contributed by atoms with Crippen molar-refractivity contribution in [3.05, 3.63) is 60.2 Å². The Hall–Kier alpha value is -2.22. The maximum Gasteiger partial charge on any atom is 0.242 e. The molecule has 6 nitrogen and oxygen atoms in total. The molecule has 0 bridgehead atoms. The molecule has 0 aromatic heterocycles. The van der Waals surface area contributed by atoms with E-state index in [4.69, 9.17) is 0 Å². The van der Waals surface area contributed by atoms with Gasteiger partial charge in [0.2, 0.25) is 15.9 Å². The Balaban J connectivity index is 2.05. The third kappa shape index (κ3) is 4.91. The molecule has 2 N–H and O–H groups in total. The molecule has 0 heterocycles. The van der Waals surface area contributed by atoms with Gasteiger partial charge < -0.3 is 5.32 Å². The predicted molar refractivity (Wildman–Crippen MR) is 103 cm³/mol. The van der Waals surface area contributed by atoms with Gasteiger partial charge in [-0.2, -0.15) is 0 Å². The number of carbonyl (C=O) groups excluding carboxylic acids is 1. The van der Waals surface area contributed by atoms with Crippen LogP contribution in [0.25, 0.3) is 0 Å². The molecule has 7 heteroatoms. The largest absolute Gasteiger partial charge is 0.325 e. The summed E-state index contributed by atoms with van der Waals surface area (Å²) in [5.41, 5.74) is 1.53. The topological polar surface area (TPSA) is 78.5 Å². The van der Waals surface area contributed by atoms with Crippen LogP contribution in [0.3, 0.4) is 0 Å². The van der Waals surface area contributed by atoms with Gasteiger partial charge in [-0.15, -0.1) is 0 Å². The Bertz CT molecular complexity index is 851. The molecule has 0 aliphatic rings. The van der Waals surface area contributed by atoms with Gasteiger partial charge in [-0.3, -0.25) is 10.1 Å². The second-order valence-corrected chi connectivity index (χ2v) is 8.48. The minimum atomic E-state index is -3.54. The highest BCUT2D eigenvalue weighted by Gasteiger charge is 2.19. The van der Waals surface area contributed by atoms with Gasteiger partial charge in [-0.25, -0.2) is 12.7 Å². The highest BCUT2D eigenvalue weighted by Crippen LogP contribution is 2.18. The molecule has 2 atom stereocenters. The molecule has 0 saturated carbocycles. The van der Waals surface area contributed by atoms with Crippen LogP contribution in [0.2, 0.25) is 0 Å². The molecule has 0 saturated heterocycles. The minimum absolute atomic E-state index is 0.0115. The van der Waals surface area contributed by atoms with Crippen LogP contribution in [0.15, 0.2) is 59.5 Å². The lowest BCUT2D eigenvalue weighted by Gasteiger charge is -2.20. The Morgan fingerprint density at radius 3 is 2.27 bits per heavy atom. The van der Waals surface area contributed by atoms with Crippen molar-refractivity contribution < 1.29 is 13.2 Å². The number of sulfonamides is 1. The first kappa shape index (κ1) is 20.1. The maximum absolute atomic E-state index is 12.4. The van der Waals surface area contributed by atoms with Crippen LogP contribution in [-0.2, 0) is 14.8 Å². The molecule has 2 aromatic carbocycles. The number of rotatable bonds is 7. The van der Waals surface area contributed by atoms with E-state index in [1.165, 1.54) is 26.2 Å². The average molecular weight is 375 g/mol. The van der Waals surface area contributed by atoms with Crippen molar-refractivity contribution in [3.63, 3.8) is 0 Å². The Kier molecular flexibility index (Phi) is 6.52. The summed E-state index contributed by atoms with van der Waals surface area (Å²) in [6.45, 7) is 3.76. The highest BCUT2D eigenvalue weighted by atomic mass is 32.2. The third-order valence-electron chi connectivity index (χ3n) is 4.07. The molecule has 2 rings (SSSR count). The summed E-state index contributed by atoms with van der Waals surface area (Å²) in [6.07, 6.45) is 0. The zero-order valence-corrected chi connectivity index (χ0v) is 16.2. The van der Waals surface area contributed by atoms with Gasteiger partial charge in [0.25, 0.3) is 0 Å². The summed E-state index contributed by atoms with van der Waals surface area (Å²) in [4.78, 5) is 12.6. The lowest BCUT2D eigenvalue weighted by atomic mass is 10.1. The van der Waals surface area contributed by atoms with E-state index in [9.17, 15) is 13.2 Å². The van der Waals surface area contributed by atoms with Gasteiger partial charge in [-0.05, 0) is 37.6 Å². The molecule has 0 unspecified atom stereocenters. The van der Waals surface area contributed by atoms with Crippen molar-refractivity contribution in [2.24, 2.45) is 0 Å². The number of amides is 1. The van der Waals surface area contributed by atoms with E-state index >= 15 is 0 Å². The minimum Gasteiger partial charge on any atom is -0.325 e. The first-order valence-electron chi connectivity index (χ1n) is 8.36. The van der Waals surface area contributed by atoms with Crippen LogP contribution in [0.1, 0.15) is 25.5 Å². The van der Waals surface area contributed by atoms with Crippen molar-refractivity contribution in [3.8, 4) is 0 Å². The van der Waals surface area contributed by atoms with E-state index in [2.05, 4.69) is 10.6 Å². The fraction of sp³-hybridized carbons (Fsp3) is 0.316. The number of hydrogen-bond acceptors (Lipinski definition) is 4. The molecule has 1 amide bonds. The van der Waals surface area contributed by atoms with Gasteiger partial charge in [0.1, 0.15) is 0 Å². The molecular formula is C19H25N3O3S. The van der Waals surface area contributed by atoms with E-state index in [1.807, 2.05) is 37.3 Å². The first-order chi connectivity index (χ1) is 12.2. The molecule has 26 heavy (non-hydrogen) atoms.